The molecule has 0 radical (unpaired) electrons. The maximum atomic E-state index is 11.5. The number of H-pyrrole nitrogens is 1. The van der Waals surface area contributed by atoms with Crippen LogP contribution in [0, 0.1) is 0 Å². The second kappa shape index (κ2) is 3.03. The highest BCUT2D eigenvalue weighted by atomic mass is 16.1. The van der Waals surface area contributed by atoms with Crippen molar-refractivity contribution in [1.29, 1.82) is 0 Å². The summed E-state index contributed by atoms with van der Waals surface area (Å²) in [4.78, 5) is 11.5. The molecule has 1 aromatic rings. The Hall–Kier alpha value is -1.03. The first-order valence-electron chi connectivity index (χ1n) is 4.76. The Morgan fingerprint density at radius 1 is 1.62 bits per heavy atom. The molecule has 2 rings (SSSR count). The maximum Gasteiger partial charge on any atom is 0.267 e. The van der Waals surface area contributed by atoms with Gasteiger partial charge in [-0.1, -0.05) is 6.92 Å². The second-order valence-electron chi connectivity index (χ2n) is 3.58. The zero-order valence-electron chi connectivity index (χ0n) is 8.05. The summed E-state index contributed by atoms with van der Waals surface area (Å²) in [5.41, 5.74) is 2.19. The van der Waals surface area contributed by atoms with E-state index in [2.05, 4.69) is 17.3 Å². The Balaban J connectivity index is 2.57. The molecule has 1 aliphatic rings. The van der Waals surface area contributed by atoms with Crippen LogP contribution in [0.3, 0.4) is 0 Å². The minimum Gasteiger partial charge on any atom is -0.311 e. The molecule has 72 valence electrons. The van der Waals surface area contributed by atoms with E-state index in [4.69, 9.17) is 0 Å². The lowest BCUT2D eigenvalue weighted by molar-refractivity contribution is 0.525. The van der Waals surface area contributed by atoms with Crippen LogP contribution in [-0.2, 0) is 13.1 Å². The van der Waals surface area contributed by atoms with E-state index < -0.39 is 0 Å². The number of nitrogens with one attached hydrogen (secondary N) is 2. The van der Waals surface area contributed by atoms with Gasteiger partial charge in [-0.05, 0) is 6.92 Å². The van der Waals surface area contributed by atoms with Crippen molar-refractivity contribution in [1.82, 2.24) is 15.1 Å². The summed E-state index contributed by atoms with van der Waals surface area (Å²) in [7, 11) is 0. The zero-order chi connectivity index (χ0) is 9.42. The third kappa shape index (κ3) is 1.21. The predicted octanol–water partition coefficient (Wildman–Crippen LogP) is 0.403. The molecule has 0 unspecified atom stereocenters. The molecule has 0 spiro atoms. The number of hydrogen-bond acceptors (Lipinski definition) is 2. The van der Waals surface area contributed by atoms with Crippen molar-refractivity contribution in [3.05, 3.63) is 21.6 Å². The van der Waals surface area contributed by atoms with E-state index in [9.17, 15) is 4.79 Å². The monoisotopic (exact) mass is 181 g/mol. The Morgan fingerprint density at radius 3 is 3.08 bits per heavy atom. The van der Waals surface area contributed by atoms with E-state index in [1.54, 1.807) is 0 Å². The van der Waals surface area contributed by atoms with Crippen molar-refractivity contribution in [2.24, 2.45) is 0 Å². The number of nitrogens with zero attached hydrogens (tertiary/aromatic N) is 1. The molecule has 0 amide bonds. The van der Waals surface area contributed by atoms with E-state index in [0.29, 0.717) is 5.92 Å². The van der Waals surface area contributed by atoms with Crippen LogP contribution in [0.1, 0.15) is 31.0 Å². The smallest absolute Gasteiger partial charge is 0.267 e. The van der Waals surface area contributed by atoms with E-state index >= 15 is 0 Å². The summed E-state index contributed by atoms with van der Waals surface area (Å²) in [5, 5.41) is 6.16. The van der Waals surface area contributed by atoms with Crippen molar-refractivity contribution < 1.29 is 0 Å². The van der Waals surface area contributed by atoms with Crippen LogP contribution >= 0.6 is 0 Å². The number of rotatable bonds is 1. The number of aromatic nitrogens is 2. The van der Waals surface area contributed by atoms with E-state index in [0.717, 1.165) is 30.9 Å². The van der Waals surface area contributed by atoms with Crippen molar-refractivity contribution >= 4 is 0 Å². The van der Waals surface area contributed by atoms with Gasteiger partial charge in [-0.3, -0.25) is 14.6 Å². The molecule has 4 nitrogen and oxygen atoms in total. The molecular weight excluding hydrogens is 166 g/mol. The summed E-state index contributed by atoms with van der Waals surface area (Å²) in [6.07, 6.45) is 0. The lowest BCUT2D eigenvalue weighted by atomic mass is 9.98. The topological polar surface area (TPSA) is 49.8 Å². The molecule has 2 N–H and O–H groups in total. The van der Waals surface area contributed by atoms with Crippen LogP contribution in [-0.4, -0.2) is 16.3 Å². The van der Waals surface area contributed by atoms with Crippen LogP contribution in [0.25, 0.3) is 0 Å². The summed E-state index contributed by atoms with van der Waals surface area (Å²) < 4.78 is 1.93. The first-order valence-corrected chi connectivity index (χ1v) is 4.76. The summed E-state index contributed by atoms with van der Waals surface area (Å²) in [6.45, 7) is 6.67. The molecular formula is C9H15N3O. The van der Waals surface area contributed by atoms with Crippen LogP contribution < -0.4 is 10.9 Å². The lowest BCUT2D eigenvalue weighted by Gasteiger charge is -2.19. The van der Waals surface area contributed by atoms with Gasteiger partial charge in [0.2, 0.25) is 0 Å². The fourth-order valence-corrected chi connectivity index (χ4v) is 2.00. The molecule has 1 aliphatic heterocycles. The average Bonchev–Trinajstić information content (AvgIpc) is 2.44. The van der Waals surface area contributed by atoms with Gasteiger partial charge in [0, 0.05) is 31.1 Å². The normalized spacial score (nSPS) is 21.5. The van der Waals surface area contributed by atoms with Crippen molar-refractivity contribution in [2.75, 3.05) is 6.54 Å². The fourth-order valence-electron chi connectivity index (χ4n) is 2.00. The van der Waals surface area contributed by atoms with Gasteiger partial charge in [-0.2, -0.15) is 0 Å². The molecule has 1 aromatic heterocycles. The largest absolute Gasteiger partial charge is 0.311 e. The maximum absolute atomic E-state index is 11.5. The summed E-state index contributed by atoms with van der Waals surface area (Å²) in [5.74, 6) is 0.334. The molecule has 0 bridgehead atoms. The predicted molar refractivity (Wildman–Crippen MR) is 50.8 cm³/mol. The highest BCUT2D eigenvalue weighted by Gasteiger charge is 2.22. The van der Waals surface area contributed by atoms with E-state index in [-0.39, 0.29) is 5.56 Å². The van der Waals surface area contributed by atoms with Gasteiger partial charge in [0.1, 0.15) is 0 Å². The molecule has 4 heteroatoms. The molecule has 13 heavy (non-hydrogen) atoms. The molecule has 0 aliphatic carbocycles. The van der Waals surface area contributed by atoms with Gasteiger partial charge < -0.3 is 5.32 Å². The van der Waals surface area contributed by atoms with Gasteiger partial charge in [-0.25, -0.2) is 0 Å². The van der Waals surface area contributed by atoms with Crippen molar-refractivity contribution in [2.45, 2.75) is 32.9 Å². The van der Waals surface area contributed by atoms with Gasteiger partial charge in [0.15, 0.2) is 0 Å². The van der Waals surface area contributed by atoms with Crippen molar-refractivity contribution in [3.8, 4) is 0 Å². The first kappa shape index (κ1) is 8.56. The Kier molecular flexibility index (Phi) is 2.00. The number of aromatic amines is 1. The van der Waals surface area contributed by atoms with Crippen LogP contribution in [0.4, 0.5) is 0 Å². The first-order chi connectivity index (χ1) is 6.24. The van der Waals surface area contributed by atoms with Gasteiger partial charge in [0.05, 0.1) is 5.69 Å². The third-order valence-corrected chi connectivity index (χ3v) is 2.67. The minimum atomic E-state index is 0.0888. The van der Waals surface area contributed by atoms with Gasteiger partial charge in [-0.15, -0.1) is 0 Å². The van der Waals surface area contributed by atoms with E-state index in [1.165, 1.54) is 0 Å². The molecule has 0 saturated heterocycles. The zero-order valence-corrected chi connectivity index (χ0v) is 8.05. The van der Waals surface area contributed by atoms with Crippen LogP contribution in [0.15, 0.2) is 4.79 Å². The van der Waals surface area contributed by atoms with E-state index in [1.807, 2.05) is 11.6 Å². The summed E-state index contributed by atoms with van der Waals surface area (Å²) >= 11 is 0. The lowest BCUT2D eigenvalue weighted by Crippen LogP contribution is -2.29. The van der Waals surface area contributed by atoms with Crippen molar-refractivity contribution in [3.63, 3.8) is 0 Å². The van der Waals surface area contributed by atoms with Crippen LogP contribution in [0.2, 0.25) is 0 Å². The summed E-state index contributed by atoms with van der Waals surface area (Å²) in [6, 6.07) is 0. The highest BCUT2D eigenvalue weighted by Crippen LogP contribution is 2.19. The fraction of sp³-hybridized carbons (Fsp3) is 0.667. The quantitative estimate of drug-likeness (QED) is 0.659. The molecule has 0 saturated carbocycles. The average molecular weight is 181 g/mol. The Bertz CT molecular complexity index is 363. The van der Waals surface area contributed by atoms with Crippen LogP contribution in [0.5, 0.6) is 0 Å². The minimum absolute atomic E-state index is 0.0888. The second-order valence-corrected chi connectivity index (χ2v) is 3.58. The molecule has 1 atom stereocenters. The molecule has 0 aromatic carbocycles. The third-order valence-electron chi connectivity index (χ3n) is 2.67. The number of hydrogen-bond donors (Lipinski definition) is 2. The highest BCUT2D eigenvalue weighted by molar-refractivity contribution is 5.24. The standard InChI is InChI=1S/C9H15N3O/c1-3-12-7-5-10-4-6(2)8(7)9(13)11-12/h6,10H,3-5H2,1-2H3,(H,11,13)/t6-/m0/s1. The number of fused-ring (bicyclic) bond motifs is 1. The van der Waals surface area contributed by atoms with Gasteiger partial charge >= 0.3 is 0 Å². The Labute approximate surface area is 76.9 Å². The molecule has 0 fully saturated rings. The number of aryl methyl sites for hydroxylation is 1. The molecule has 2 heterocycles. The SMILES string of the molecule is CCn1[nH]c(=O)c2c1CNC[C@@H]2C. The Morgan fingerprint density at radius 2 is 2.38 bits per heavy atom. The van der Waals surface area contributed by atoms with Gasteiger partial charge in [0.25, 0.3) is 5.56 Å².